The Morgan fingerprint density at radius 1 is 1.19 bits per heavy atom. The summed E-state index contributed by atoms with van der Waals surface area (Å²) in [4.78, 5) is 27.1. The normalized spacial score (nSPS) is 21.8. The first-order chi connectivity index (χ1) is 13.2. The van der Waals surface area contributed by atoms with Crippen molar-refractivity contribution in [3.05, 3.63) is 35.9 Å². The molecule has 2 fully saturated rings. The van der Waals surface area contributed by atoms with Crippen molar-refractivity contribution >= 4 is 11.8 Å². The Hall–Kier alpha value is -1.88. The van der Waals surface area contributed by atoms with Crippen LogP contribution in [-0.2, 0) is 9.59 Å². The first-order valence-corrected chi connectivity index (χ1v) is 10.5. The van der Waals surface area contributed by atoms with Gasteiger partial charge in [-0.05, 0) is 56.7 Å². The van der Waals surface area contributed by atoms with Crippen molar-refractivity contribution in [2.24, 2.45) is 5.92 Å². The maximum absolute atomic E-state index is 12.9. The fourth-order valence-corrected chi connectivity index (χ4v) is 4.30. The third kappa shape index (κ3) is 5.55. The molecule has 2 atom stereocenters. The highest BCUT2D eigenvalue weighted by Crippen LogP contribution is 2.24. The lowest BCUT2D eigenvalue weighted by Gasteiger charge is -2.34. The van der Waals surface area contributed by atoms with Gasteiger partial charge in [0, 0.05) is 25.6 Å². The van der Waals surface area contributed by atoms with Crippen LogP contribution in [0.3, 0.4) is 0 Å². The minimum absolute atomic E-state index is 0.0580. The van der Waals surface area contributed by atoms with E-state index >= 15 is 0 Å². The van der Waals surface area contributed by atoms with Gasteiger partial charge in [0.25, 0.3) is 0 Å². The zero-order chi connectivity index (χ0) is 19.1. The summed E-state index contributed by atoms with van der Waals surface area (Å²) in [6.45, 7) is 5.68. The average Bonchev–Trinajstić information content (AvgIpc) is 3.22. The number of benzene rings is 1. The van der Waals surface area contributed by atoms with Crippen LogP contribution in [0.5, 0.6) is 0 Å². The van der Waals surface area contributed by atoms with Gasteiger partial charge in [-0.1, -0.05) is 37.3 Å². The molecule has 2 heterocycles. The average molecular weight is 372 g/mol. The van der Waals surface area contributed by atoms with E-state index in [1.165, 1.54) is 6.42 Å². The molecule has 0 bridgehead atoms. The molecule has 1 aromatic rings. The third-order valence-corrected chi connectivity index (χ3v) is 6.02. The van der Waals surface area contributed by atoms with E-state index in [4.69, 9.17) is 0 Å². The number of nitrogens with one attached hydrogen (secondary N) is 2. The molecule has 2 unspecified atom stereocenters. The lowest BCUT2D eigenvalue weighted by Crippen LogP contribution is -2.47. The summed E-state index contributed by atoms with van der Waals surface area (Å²) >= 11 is 0. The zero-order valence-electron chi connectivity index (χ0n) is 16.5. The molecule has 0 saturated carbocycles. The number of likely N-dealkylation sites (tertiary alicyclic amines) is 1. The zero-order valence-corrected chi connectivity index (χ0v) is 16.5. The Morgan fingerprint density at radius 3 is 2.56 bits per heavy atom. The number of hydrogen-bond donors (Lipinski definition) is 2. The van der Waals surface area contributed by atoms with Gasteiger partial charge in [0.15, 0.2) is 0 Å². The molecule has 0 spiro atoms. The second-order valence-corrected chi connectivity index (χ2v) is 7.94. The smallest absolute Gasteiger partial charge is 0.230 e. The minimum Gasteiger partial charge on any atom is -0.353 e. The number of hydrogen-bond acceptors (Lipinski definition) is 3. The first kappa shape index (κ1) is 19.9. The molecule has 0 aliphatic carbocycles. The molecular formula is C22H33N3O2. The van der Waals surface area contributed by atoms with Gasteiger partial charge in [0.05, 0.1) is 5.92 Å². The standard InChI is InChI=1S/C22H33N3O2/c1-2-20(18-6-4-3-5-7-18)22(27)25-14-11-19(12-15-25)24-21(26)9-8-17-10-13-23-16-17/h3-7,17,19-20,23H,2,8-16H2,1H3,(H,24,26). The SMILES string of the molecule is CCC(C(=O)N1CCC(NC(=O)CCC2CCNC2)CC1)c1ccccc1. The second kappa shape index (κ2) is 9.88. The van der Waals surface area contributed by atoms with E-state index in [9.17, 15) is 9.59 Å². The fourth-order valence-electron chi connectivity index (χ4n) is 4.30. The maximum atomic E-state index is 12.9. The highest BCUT2D eigenvalue weighted by molar-refractivity contribution is 5.84. The summed E-state index contributed by atoms with van der Waals surface area (Å²) in [5.41, 5.74) is 1.10. The van der Waals surface area contributed by atoms with Gasteiger partial charge < -0.3 is 15.5 Å². The van der Waals surface area contributed by atoms with Gasteiger partial charge in [0.2, 0.25) is 11.8 Å². The number of carbonyl (C=O) groups excluding carboxylic acids is 2. The number of rotatable bonds is 7. The Bertz CT molecular complexity index is 605. The molecule has 5 heteroatoms. The predicted octanol–water partition coefficient (Wildman–Crippen LogP) is 2.68. The van der Waals surface area contributed by atoms with E-state index in [1.54, 1.807) is 0 Å². The number of piperidine rings is 1. The molecular weight excluding hydrogens is 338 g/mol. The number of amides is 2. The number of carbonyl (C=O) groups is 2. The molecule has 2 aliphatic heterocycles. The molecule has 2 N–H and O–H groups in total. The van der Waals surface area contributed by atoms with E-state index in [0.717, 1.165) is 57.4 Å². The van der Waals surface area contributed by atoms with E-state index < -0.39 is 0 Å². The van der Waals surface area contributed by atoms with Gasteiger partial charge in [-0.25, -0.2) is 0 Å². The largest absolute Gasteiger partial charge is 0.353 e. The van der Waals surface area contributed by atoms with Gasteiger partial charge >= 0.3 is 0 Å². The summed E-state index contributed by atoms with van der Waals surface area (Å²) in [6, 6.07) is 10.3. The lowest BCUT2D eigenvalue weighted by atomic mass is 9.93. The van der Waals surface area contributed by atoms with Crippen LogP contribution in [0.25, 0.3) is 0 Å². The van der Waals surface area contributed by atoms with Gasteiger partial charge in [-0.2, -0.15) is 0 Å². The van der Waals surface area contributed by atoms with Crippen LogP contribution < -0.4 is 10.6 Å². The van der Waals surface area contributed by atoms with Crippen LogP contribution in [0, 0.1) is 5.92 Å². The molecule has 2 saturated heterocycles. The Balaban J connectivity index is 1.42. The Labute approximate surface area is 162 Å². The topological polar surface area (TPSA) is 61.4 Å². The quantitative estimate of drug-likeness (QED) is 0.775. The molecule has 27 heavy (non-hydrogen) atoms. The van der Waals surface area contributed by atoms with Crippen LogP contribution in [0.15, 0.2) is 30.3 Å². The van der Waals surface area contributed by atoms with Crippen molar-refractivity contribution in [2.45, 2.75) is 57.4 Å². The highest BCUT2D eigenvalue weighted by Gasteiger charge is 2.28. The number of nitrogens with zero attached hydrogens (tertiary/aromatic N) is 1. The van der Waals surface area contributed by atoms with Crippen molar-refractivity contribution in [2.75, 3.05) is 26.2 Å². The van der Waals surface area contributed by atoms with Gasteiger partial charge in [-0.3, -0.25) is 9.59 Å². The van der Waals surface area contributed by atoms with E-state index in [-0.39, 0.29) is 23.8 Å². The minimum atomic E-state index is -0.0580. The summed E-state index contributed by atoms with van der Waals surface area (Å²) in [7, 11) is 0. The molecule has 5 nitrogen and oxygen atoms in total. The molecule has 2 amide bonds. The van der Waals surface area contributed by atoms with Crippen LogP contribution in [0.2, 0.25) is 0 Å². The summed E-state index contributed by atoms with van der Waals surface area (Å²) in [6.07, 6.45) is 5.31. The molecule has 2 aliphatic rings. The summed E-state index contributed by atoms with van der Waals surface area (Å²) in [5, 5.41) is 6.53. The van der Waals surface area contributed by atoms with Crippen LogP contribution in [-0.4, -0.2) is 48.9 Å². The van der Waals surface area contributed by atoms with E-state index in [1.807, 2.05) is 35.2 Å². The molecule has 1 aromatic carbocycles. The highest BCUT2D eigenvalue weighted by atomic mass is 16.2. The van der Waals surface area contributed by atoms with Gasteiger partial charge in [0.1, 0.15) is 0 Å². The lowest BCUT2D eigenvalue weighted by molar-refractivity contribution is -0.134. The van der Waals surface area contributed by atoms with Crippen molar-refractivity contribution in [3.63, 3.8) is 0 Å². The van der Waals surface area contributed by atoms with Crippen LogP contribution in [0.4, 0.5) is 0 Å². The monoisotopic (exact) mass is 371 g/mol. The first-order valence-electron chi connectivity index (χ1n) is 10.5. The van der Waals surface area contributed by atoms with Crippen LogP contribution >= 0.6 is 0 Å². The predicted molar refractivity (Wildman–Crippen MR) is 107 cm³/mol. The molecule has 0 aromatic heterocycles. The van der Waals surface area contributed by atoms with Crippen molar-refractivity contribution in [3.8, 4) is 0 Å². The Morgan fingerprint density at radius 2 is 1.93 bits per heavy atom. The summed E-state index contributed by atoms with van der Waals surface area (Å²) < 4.78 is 0. The van der Waals surface area contributed by atoms with Crippen LogP contribution in [0.1, 0.15) is 56.9 Å². The van der Waals surface area contributed by atoms with Gasteiger partial charge in [-0.15, -0.1) is 0 Å². The van der Waals surface area contributed by atoms with E-state index in [0.29, 0.717) is 12.3 Å². The van der Waals surface area contributed by atoms with Crippen molar-refractivity contribution in [1.29, 1.82) is 0 Å². The maximum Gasteiger partial charge on any atom is 0.230 e. The van der Waals surface area contributed by atoms with E-state index in [2.05, 4.69) is 17.6 Å². The molecule has 3 rings (SSSR count). The van der Waals surface area contributed by atoms with Crippen molar-refractivity contribution < 1.29 is 9.59 Å². The molecule has 148 valence electrons. The fraction of sp³-hybridized carbons (Fsp3) is 0.636. The summed E-state index contributed by atoms with van der Waals surface area (Å²) in [5.74, 6) is 0.987. The van der Waals surface area contributed by atoms with Crippen molar-refractivity contribution in [1.82, 2.24) is 15.5 Å². The molecule has 0 radical (unpaired) electrons. The third-order valence-electron chi connectivity index (χ3n) is 6.02. The second-order valence-electron chi connectivity index (χ2n) is 7.94. The Kier molecular flexibility index (Phi) is 7.27.